The number of rotatable bonds is 4. The molecule has 0 radical (unpaired) electrons. The van der Waals surface area contributed by atoms with Crippen LogP contribution in [0.15, 0.2) is 64.0 Å². The average Bonchev–Trinajstić information content (AvgIpc) is 2.95. The number of nitrogens with zero attached hydrogens (tertiary/aromatic N) is 1. The molecule has 0 bridgehead atoms. The van der Waals surface area contributed by atoms with Crippen molar-refractivity contribution in [3.63, 3.8) is 0 Å². The predicted octanol–water partition coefficient (Wildman–Crippen LogP) is 4.99. The number of aromatic nitrogens is 1. The van der Waals surface area contributed by atoms with Gasteiger partial charge in [-0.2, -0.15) is 0 Å². The van der Waals surface area contributed by atoms with Crippen LogP contribution in [0.4, 0.5) is 0 Å². The Morgan fingerprint density at radius 2 is 1.95 bits per heavy atom. The number of hydrogen-bond donors (Lipinski definition) is 1. The van der Waals surface area contributed by atoms with Gasteiger partial charge in [-0.15, -0.1) is 11.8 Å². The maximum absolute atomic E-state index is 9.42. The van der Waals surface area contributed by atoms with E-state index in [1.165, 1.54) is 0 Å². The molecule has 2 aromatic carbocycles. The third kappa shape index (κ3) is 3.60. The highest BCUT2D eigenvalue weighted by molar-refractivity contribution is 7.98. The molecule has 21 heavy (non-hydrogen) atoms. The second-order valence-electron chi connectivity index (χ2n) is 4.41. The number of phenols is 1. The lowest BCUT2D eigenvalue weighted by molar-refractivity contribution is 0.474. The number of oxazole rings is 1. The molecule has 0 unspecified atom stereocenters. The molecule has 3 aromatic rings. The summed E-state index contributed by atoms with van der Waals surface area (Å²) in [7, 11) is 0. The summed E-state index contributed by atoms with van der Waals surface area (Å²) in [4.78, 5) is 5.24. The zero-order chi connectivity index (χ0) is 14.7. The number of hydrogen-bond acceptors (Lipinski definition) is 4. The molecule has 3 rings (SSSR count). The predicted molar refractivity (Wildman–Crippen MR) is 84.6 cm³/mol. The van der Waals surface area contributed by atoms with E-state index in [4.69, 9.17) is 16.0 Å². The first-order valence-electron chi connectivity index (χ1n) is 6.33. The van der Waals surface area contributed by atoms with Crippen molar-refractivity contribution in [1.29, 1.82) is 0 Å². The first kappa shape index (κ1) is 14.0. The van der Waals surface area contributed by atoms with E-state index in [1.54, 1.807) is 30.1 Å². The Balaban J connectivity index is 1.69. The van der Waals surface area contributed by atoms with E-state index in [0.717, 1.165) is 16.2 Å². The van der Waals surface area contributed by atoms with Crippen molar-refractivity contribution in [3.05, 3.63) is 65.6 Å². The number of benzene rings is 2. The third-order valence-electron chi connectivity index (χ3n) is 2.86. The minimum absolute atomic E-state index is 0.259. The first-order chi connectivity index (χ1) is 10.2. The summed E-state index contributed by atoms with van der Waals surface area (Å²) in [5, 5.41) is 10.1. The molecule has 106 valence electrons. The SMILES string of the molecule is Oc1cccc(SCc2ncc(-c3ccc(Cl)cc3)o2)c1. The van der Waals surface area contributed by atoms with Crippen LogP contribution in [0.1, 0.15) is 5.89 Å². The summed E-state index contributed by atoms with van der Waals surface area (Å²) in [6, 6.07) is 14.5. The summed E-state index contributed by atoms with van der Waals surface area (Å²) in [5.41, 5.74) is 0.945. The first-order valence-corrected chi connectivity index (χ1v) is 7.69. The highest BCUT2D eigenvalue weighted by Crippen LogP contribution is 2.28. The Morgan fingerprint density at radius 1 is 1.14 bits per heavy atom. The van der Waals surface area contributed by atoms with Crippen molar-refractivity contribution in [3.8, 4) is 17.1 Å². The largest absolute Gasteiger partial charge is 0.508 e. The van der Waals surface area contributed by atoms with Crippen LogP contribution in [-0.2, 0) is 5.75 Å². The minimum atomic E-state index is 0.259. The Hall–Kier alpha value is -1.91. The maximum atomic E-state index is 9.42. The molecular formula is C16H12ClNO2S. The molecule has 0 aliphatic carbocycles. The Kier molecular flexibility index (Phi) is 4.18. The van der Waals surface area contributed by atoms with Crippen molar-refractivity contribution < 1.29 is 9.52 Å². The molecule has 0 atom stereocenters. The van der Waals surface area contributed by atoms with E-state index >= 15 is 0 Å². The fraction of sp³-hybridized carbons (Fsp3) is 0.0625. The topological polar surface area (TPSA) is 46.3 Å². The van der Waals surface area contributed by atoms with Crippen molar-refractivity contribution in [2.45, 2.75) is 10.6 Å². The Labute approximate surface area is 131 Å². The second-order valence-corrected chi connectivity index (χ2v) is 5.90. The van der Waals surface area contributed by atoms with Crippen LogP contribution in [-0.4, -0.2) is 10.1 Å². The number of halogens is 1. The minimum Gasteiger partial charge on any atom is -0.508 e. The van der Waals surface area contributed by atoms with Crippen molar-refractivity contribution in [2.24, 2.45) is 0 Å². The fourth-order valence-corrected chi connectivity index (χ4v) is 2.77. The van der Waals surface area contributed by atoms with Crippen molar-refractivity contribution >= 4 is 23.4 Å². The van der Waals surface area contributed by atoms with Gasteiger partial charge >= 0.3 is 0 Å². The van der Waals surface area contributed by atoms with Gasteiger partial charge in [-0.1, -0.05) is 17.7 Å². The van der Waals surface area contributed by atoms with E-state index in [9.17, 15) is 5.11 Å². The second kappa shape index (κ2) is 6.24. The molecule has 1 aromatic heterocycles. The highest BCUT2D eigenvalue weighted by atomic mass is 35.5. The summed E-state index contributed by atoms with van der Waals surface area (Å²) in [6.07, 6.45) is 1.71. The molecule has 3 nitrogen and oxygen atoms in total. The van der Waals surface area contributed by atoms with Gasteiger partial charge in [0.15, 0.2) is 5.76 Å². The number of aromatic hydroxyl groups is 1. The molecule has 0 amide bonds. The van der Waals surface area contributed by atoms with Gasteiger partial charge in [-0.3, -0.25) is 0 Å². The van der Waals surface area contributed by atoms with Crippen LogP contribution in [0.3, 0.4) is 0 Å². The monoisotopic (exact) mass is 317 g/mol. The summed E-state index contributed by atoms with van der Waals surface area (Å²) in [6.45, 7) is 0. The molecule has 0 fully saturated rings. The van der Waals surface area contributed by atoms with E-state index in [1.807, 2.05) is 36.4 Å². The van der Waals surface area contributed by atoms with Gasteiger partial charge in [0, 0.05) is 15.5 Å². The van der Waals surface area contributed by atoms with Crippen LogP contribution in [0.2, 0.25) is 5.02 Å². The molecular weight excluding hydrogens is 306 g/mol. The standard InChI is InChI=1S/C16H12ClNO2S/c17-12-6-4-11(5-7-12)15-9-18-16(20-15)10-21-14-3-1-2-13(19)8-14/h1-9,19H,10H2. The lowest BCUT2D eigenvalue weighted by atomic mass is 10.2. The molecule has 1 N–H and O–H groups in total. The van der Waals surface area contributed by atoms with Gasteiger partial charge in [-0.05, 0) is 42.5 Å². The molecule has 1 heterocycles. The maximum Gasteiger partial charge on any atom is 0.205 e. The van der Waals surface area contributed by atoms with Gasteiger partial charge in [0.2, 0.25) is 5.89 Å². The summed E-state index contributed by atoms with van der Waals surface area (Å²) < 4.78 is 5.72. The highest BCUT2D eigenvalue weighted by Gasteiger charge is 2.07. The van der Waals surface area contributed by atoms with Gasteiger partial charge in [-0.25, -0.2) is 4.98 Å². The molecule has 0 saturated carbocycles. The lowest BCUT2D eigenvalue weighted by Gasteiger charge is -1.99. The van der Waals surface area contributed by atoms with Crippen LogP contribution in [0.5, 0.6) is 5.75 Å². The zero-order valence-electron chi connectivity index (χ0n) is 11.0. The molecule has 0 aliphatic rings. The number of phenolic OH excluding ortho intramolecular Hbond substituents is 1. The van der Waals surface area contributed by atoms with Crippen molar-refractivity contribution in [1.82, 2.24) is 4.98 Å². The quantitative estimate of drug-likeness (QED) is 0.688. The molecule has 5 heteroatoms. The van der Waals surface area contributed by atoms with Crippen LogP contribution in [0, 0.1) is 0 Å². The Morgan fingerprint density at radius 3 is 2.71 bits per heavy atom. The zero-order valence-corrected chi connectivity index (χ0v) is 12.6. The smallest absolute Gasteiger partial charge is 0.205 e. The van der Waals surface area contributed by atoms with Gasteiger partial charge in [0.25, 0.3) is 0 Å². The van der Waals surface area contributed by atoms with Crippen LogP contribution in [0.25, 0.3) is 11.3 Å². The van der Waals surface area contributed by atoms with E-state index in [2.05, 4.69) is 4.98 Å². The molecule has 0 saturated heterocycles. The Bertz CT molecular complexity index is 740. The van der Waals surface area contributed by atoms with Crippen LogP contribution < -0.4 is 0 Å². The van der Waals surface area contributed by atoms with E-state index in [0.29, 0.717) is 16.7 Å². The summed E-state index contributed by atoms with van der Waals surface area (Å²) >= 11 is 7.43. The fourth-order valence-electron chi connectivity index (χ4n) is 1.84. The van der Waals surface area contributed by atoms with Crippen molar-refractivity contribution in [2.75, 3.05) is 0 Å². The van der Waals surface area contributed by atoms with E-state index < -0.39 is 0 Å². The van der Waals surface area contributed by atoms with Gasteiger partial charge in [0.05, 0.1) is 11.9 Å². The van der Waals surface area contributed by atoms with Gasteiger partial charge in [0.1, 0.15) is 5.75 Å². The molecule has 0 spiro atoms. The third-order valence-corrected chi connectivity index (χ3v) is 4.09. The van der Waals surface area contributed by atoms with E-state index in [-0.39, 0.29) is 5.75 Å². The lowest BCUT2D eigenvalue weighted by Crippen LogP contribution is -1.79. The van der Waals surface area contributed by atoms with Gasteiger partial charge < -0.3 is 9.52 Å². The average molecular weight is 318 g/mol. The van der Waals surface area contributed by atoms with Crippen LogP contribution >= 0.6 is 23.4 Å². The number of thioether (sulfide) groups is 1. The summed E-state index contributed by atoms with van der Waals surface area (Å²) in [5.74, 6) is 2.23. The normalized spacial score (nSPS) is 10.7. The molecule has 0 aliphatic heterocycles.